The first kappa shape index (κ1) is 15.7. The summed E-state index contributed by atoms with van der Waals surface area (Å²) in [5.74, 6) is -0.305. The van der Waals surface area contributed by atoms with Gasteiger partial charge in [-0.05, 0) is 30.4 Å². The number of anilines is 1. The van der Waals surface area contributed by atoms with Crippen molar-refractivity contribution < 1.29 is 19.5 Å². The highest BCUT2D eigenvalue weighted by molar-refractivity contribution is 6.06. The van der Waals surface area contributed by atoms with Crippen LogP contribution in [0.3, 0.4) is 0 Å². The molecule has 1 saturated heterocycles. The number of carbonyl (C=O) groups excluding carboxylic acids is 3. The molecule has 3 aliphatic rings. The smallest absolute Gasteiger partial charge is 0.319 e. The molecule has 1 aliphatic heterocycles. The van der Waals surface area contributed by atoms with E-state index in [0.717, 1.165) is 6.42 Å². The van der Waals surface area contributed by atoms with Gasteiger partial charge in [0.05, 0.1) is 17.5 Å². The van der Waals surface area contributed by atoms with Crippen LogP contribution in [0.25, 0.3) is 0 Å². The Bertz CT molecular complexity index is 745. The van der Waals surface area contributed by atoms with Crippen LogP contribution >= 0.6 is 0 Å². The minimum Gasteiger partial charge on any atom is -0.506 e. The van der Waals surface area contributed by atoms with E-state index >= 15 is 0 Å². The van der Waals surface area contributed by atoms with Gasteiger partial charge in [0.1, 0.15) is 5.75 Å². The molecule has 1 aromatic carbocycles. The SMILES string of the molecule is O=C(NCCN1C(=O)[C@H]2[C@H](C1=O)[C@H]1C=C[C@H]2C1)Nc1ccccc1O. The zero-order valence-electron chi connectivity index (χ0n) is 13.5. The standard InChI is InChI=1S/C18H19N3O4/c22-13-4-2-1-3-12(13)20-18(25)19-7-8-21-16(23)14-10-5-6-11(9-10)15(14)17(21)24/h1-6,10-11,14-15,22H,7-9H2,(H2,19,20,25)/t10-,11-,14+,15+/m0/s1. The molecule has 1 aromatic rings. The molecule has 1 saturated carbocycles. The van der Waals surface area contributed by atoms with E-state index < -0.39 is 6.03 Å². The first-order chi connectivity index (χ1) is 12.1. The molecule has 0 unspecified atom stereocenters. The van der Waals surface area contributed by atoms with E-state index in [-0.39, 0.29) is 54.3 Å². The monoisotopic (exact) mass is 341 g/mol. The van der Waals surface area contributed by atoms with Crippen LogP contribution in [-0.4, -0.2) is 40.9 Å². The van der Waals surface area contributed by atoms with Gasteiger partial charge in [0.25, 0.3) is 0 Å². The molecule has 7 nitrogen and oxygen atoms in total. The highest BCUT2D eigenvalue weighted by Gasteiger charge is 2.58. The minimum atomic E-state index is -0.498. The van der Waals surface area contributed by atoms with Crippen molar-refractivity contribution in [2.24, 2.45) is 23.7 Å². The summed E-state index contributed by atoms with van der Waals surface area (Å²) in [5.41, 5.74) is 0.297. The van der Waals surface area contributed by atoms with Gasteiger partial charge in [-0.25, -0.2) is 4.79 Å². The number of likely N-dealkylation sites (tertiary alicyclic amines) is 1. The number of urea groups is 1. The summed E-state index contributed by atoms with van der Waals surface area (Å²) in [6, 6.07) is 5.90. The Morgan fingerprint density at radius 3 is 2.40 bits per heavy atom. The Hall–Kier alpha value is -2.83. The number of amides is 4. The fourth-order valence-corrected chi connectivity index (χ4v) is 4.21. The Kier molecular flexibility index (Phi) is 3.71. The zero-order chi connectivity index (χ0) is 17.6. The van der Waals surface area contributed by atoms with Crippen LogP contribution in [0.4, 0.5) is 10.5 Å². The molecule has 0 spiro atoms. The van der Waals surface area contributed by atoms with Crippen LogP contribution in [0, 0.1) is 23.7 Å². The van der Waals surface area contributed by atoms with Crippen molar-refractivity contribution >= 4 is 23.5 Å². The number of nitrogens with one attached hydrogen (secondary N) is 2. The molecule has 130 valence electrons. The van der Waals surface area contributed by atoms with Crippen LogP contribution in [0.15, 0.2) is 36.4 Å². The third kappa shape index (κ3) is 2.56. The molecule has 25 heavy (non-hydrogen) atoms. The number of benzene rings is 1. The summed E-state index contributed by atoms with van der Waals surface area (Å²) in [6.07, 6.45) is 5.01. The lowest BCUT2D eigenvalue weighted by molar-refractivity contribution is -0.140. The molecule has 2 bridgehead atoms. The number of fused-ring (bicyclic) bond motifs is 5. The highest BCUT2D eigenvalue weighted by atomic mass is 16.3. The molecule has 7 heteroatoms. The summed E-state index contributed by atoms with van der Waals surface area (Å²) in [4.78, 5) is 38.2. The second-order valence-corrected chi connectivity index (χ2v) is 6.73. The van der Waals surface area contributed by atoms with Crippen LogP contribution in [0.5, 0.6) is 5.75 Å². The number of para-hydroxylation sites is 2. The third-order valence-corrected chi connectivity index (χ3v) is 5.33. The molecular formula is C18H19N3O4. The lowest BCUT2D eigenvalue weighted by Gasteiger charge is -2.17. The molecule has 0 aromatic heterocycles. The quantitative estimate of drug-likeness (QED) is 0.437. The largest absolute Gasteiger partial charge is 0.506 e. The first-order valence-corrected chi connectivity index (χ1v) is 8.42. The summed E-state index contributed by atoms with van der Waals surface area (Å²) in [7, 11) is 0. The molecule has 4 atom stereocenters. The van der Waals surface area contributed by atoms with Crippen molar-refractivity contribution in [2.45, 2.75) is 6.42 Å². The van der Waals surface area contributed by atoms with E-state index in [4.69, 9.17) is 0 Å². The van der Waals surface area contributed by atoms with E-state index in [9.17, 15) is 19.5 Å². The zero-order valence-corrected chi connectivity index (χ0v) is 13.5. The van der Waals surface area contributed by atoms with Gasteiger partial charge in [-0.3, -0.25) is 14.5 Å². The van der Waals surface area contributed by atoms with Crippen LogP contribution in [0.1, 0.15) is 6.42 Å². The van der Waals surface area contributed by atoms with E-state index in [0.29, 0.717) is 5.69 Å². The summed E-state index contributed by atoms with van der Waals surface area (Å²) in [5, 5.41) is 14.8. The van der Waals surface area contributed by atoms with E-state index in [1.165, 1.54) is 11.0 Å². The number of allylic oxidation sites excluding steroid dienone is 2. The predicted octanol–water partition coefficient (Wildman–Crippen LogP) is 1.32. The second kappa shape index (κ2) is 5.91. The van der Waals surface area contributed by atoms with Gasteiger partial charge in [-0.15, -0.1) is 0 Å². The fraction of sp³-hybridized carbons (Fsp3) is 0.389. The summed E-state index contributed by atoms with van der Waals surface area (Å²) in [6.45, 7) is 0.331. The van der Waals surface area contributed by atoms with Crippen molar-refractivity contribution in [1.29, 1.82) is 0 Å². The van der Waals surface area contributed by atoms with Gasteiger partial charge >= 0.3 is 6.03 Å². The molecule has 2 aliphatic carbocycles. The second-order valence-electron chi connectivity index (χ2n) is 6.73. The Morgan fingerprint density at radius 2 is 1.76 bits per heavy atom. The van der Waals surface area contributed by atoms with Crippen LogP contribution in [0.2, 0.25) is 0 Å². The number of hydrogen-bond acceptors (Lipinski definition) is 4. The van der Waals surface area contributed by atoms with Crippen molar-refractivity contribution in [2.75, 3.05) is 18.4 Å². The van der Waals surface area contributed by atoms with Gasteiger partial charge in [0.2, 0.25) is 11.8 Å². The predicted molar refractivity (Wildman–Crippen MR) is 89.6 cm³/mol. The Morgan fingerprint density at radius 1 is 1.12 bits per heavy atom. The van der Waals surface area contributed by atoms with Crippen molar-refractivity contribution in [3.63, 3.8) is 0 Å². The topological polar surface area (TPSA) is 98.7 Å². The average molecular weight is 341 g/mol. The van der Waals surface area contributed by atoms with Gasteiger partial charge in [0.15, 0.2) is 0 Å². The first-order valence-electron chi connectivity index (χ1n) is 8.42. The van der Waals surface area contributed by atoms with Gasteiger partial charge in [-0.2, -0.15) is 0 Å². The third-order valence-electron chi connectivity index (χ3n) is 5.33. The maximum absolute atomic E-state index is 12.5. The van der Waals surface area contributed by atoms with Gasteiger partial charge in [0, 0.05) is 13.1 Å². The number of hydrogen-bond donors (Lipinski definition) is 3. The highest BCUT2D eigenvalue weighted by Crippen LogP contribution is 2.52. The summed E-state index contributed by atoms with van der Waals surface area (Å²) >= 11 is 0. The molecule has 4 amide bonds. The molecule has 2 fully saturated rings. The molecule has 4 rings (SSSR count). The Labute approximate surface area is 144 Å². The van der Waals surface area contributed by atoms with Crippen LogP contribution < -0.4 is 10.6 Å². The normalized spacial score (nSPS) is 29.2. The van der Waals surface area contributed by atoms with Crippen molar-refractivity contribution in [1.82, 2.24) is 10.2 Å². The fourth-order valence-electron chi connectivity index (χ4n) is 4.21. The van der Waals surface area contributed by atoms with Crippen molar-refractivity contribution in [3.8, 4) is 5.75 Å². The number of aromatic hydroxyl groups is 1. The summed E-state index contributed by atoms with van der Waals surface area (Å²) < 4.78 is 0. The van der Waals surface area contributed by atoms with E-state index in [1.807, 2.05) is 0 Å². The number of phenolic OH excluding ortho intramolecular Hbond substituents is 1. The molecule has 0 radical (unpaired) electrons. The maximum Gasteiger partial charge on any atom is 0.319 e. The molecule has 1 heterocycles. The number of phenols is 1. The average Bonchev–Trinajstić information content (AvgIpc) is 3.26. The van der Waals surface area contributed by atoms with E-state index in [1.54, 1.807) is 18.2 Å². The molecular weight excluding hydrogens is 322 g/mol. The maximum atomic E-state index is 12.5. The van der Waals surface area contributed by atoms with Crippen LogP contribution in [-0.2, 0) is 9.59 Å². The number of rotatable bonds is 4. The van der Waals surface area contributed by atoms with Gasteiger partial charge in [-0.1, -0.05) is 24.3 Å². The van der Waals surface area contributed by atoms with Crippen molar-refractivity contribution in [3.05, 3.63) is 36.4 Å². The van der Waals surface area contributed by atoms with E-state index in [2.05, 4.69) is 22.8 Å². The number of nitrogens with zero attached hydrogens (tertiary/aromatic N) is 1. The number of imide groups is 1. The Balaban J connectivity index is 1.31. The van der Waals surface area contributed by atoms with Gasteiger partial charge < -0.3 is 15.7 Å². The minimum absolute atomic E-state index is 0.0293. The number of carbonyl (C=O) groups is 3. The lowest BCUT2D eigenvalue weighted by Crippen LogP contribution is -2.40. The lowest BCUT2D eigenvalue weighted by atomic mass is 9.85. The molecule has 3 N–H and O–H groups in total.